The molecule has 0 aromatic heterocycles. The van der Waals surface area contributed by atoms with Crippen LogP contribution in [-0.4, -0.2) is 37.6 Å². The molecule has 1 aliphatic heterocycles. The van der Waals surface area contributed by atoms with E-state index in [1.807, 2.05) is 0 Å². The summed E-state index contributed by atoms with van der Waals surface area (Å²) in [5.41, 5.74) is 0. The van der Waals surface area contributed by atoms with Crippen LogP contribution in [0, 0.1) is 0 Å². The molecule has 0 radical (unpaired) electrons. The van der Waals surface area contributed by atoms with Gasteiger partial charge in [0.15, 0.2) is 0 Å². The Morgan fingerprint density at radius 1 is 0.615 bits per heavy atom. The second-order valence-corrected chi connectivity index (χ2v) is 2.73. The van der Waals surface area contributed by atoms with E-state index in [4.69, 9.17) is 10.2 Å². The molecule has 1 saturated heterocycles. The average molecular weight is 192 g/mol. The minimum absolute atomic E-state index is 1.00. The maximum absolute atomic E-state index is 7.00. The summed E-state index contributed by atoms with van der Waals surface area (Å²) in [5, 5.41) is 14.0. The second kappa shape index (κ2) is 17.8. The monoisotopic (exact) mass is 192 g/mol. The zero-order valence-corrected chi connectivity index (χ0v) is 8.96. The molecule has 3 heteroatoms. The summed E-state index contributed by atoms with van der Waals surface area (Å²) < 4.78 is 4.50. The highest BCUT2D eigenvalue weighted by molar-refractivity contribution is 4.51. The molecular weight excluding hydrogens is 168 g/mol. The third kappa shape index (κ3) is 24.5. The fourth-order valence-electron chi connectivity index (χ4n) is 1.06. The average Bonchev–Trinajstić information content (AvgIpc) is 3.14. The molecule has 3 nitrogen and oxygen atoms in total. The van der Waals surface area contributed by atoms with Gasteiger partial charge in [0.1, 0.15) is 0 Å². The number of aliphatic hydroxyl groups is 2. The number of rotatable bonds is 0. The molecule has 0 atom stereocenters. The first-order chi connectivity index (χ1) is 6.50. The van der Waals surface area contributed by atoms with Crippen LogP contribution < -0.4 is 0 Å². The molecule has 1 heterocycles. The van der Waals surface area contributed by atoms with Gasteiger partial charge >= 0.3 is 0 Å². The van der Waals surface area contributed by atoms with Gasteiger partial charge in [0.05, 0.1) is 13.2 Å². The van der Waals surface area contributed by atoms with Crippen LogP contribution in [0.15, 0.2) is 0 Å². The van der Waals surface area contributed by atoms with Crippen molar-refractivity contribution in [3.63, 3.8) is 0 Å². The molecule has 13 heavy (non-hydrogen) atoms. The van der Waals surface area contributed by atoms with Crippen LogP contribution in [0.2, 0.25) is 0 Å². The van der Waals surface area contributed by atoms with Gasteiger partial charge in [-0.15, -0.1) is 0 Å². The quantitative estimate of drug-likeness (QED) is 0.573. The molecule has 2 fully saturated rings. The summed E-state index contributed by atoms with van der Waals surface area (Å²) in [4.78, 5) is 0. The van der Waals surface area contributed by atoms with Gasteiger partial charge in [0.25, 0.3) is 0 Å². The van der Waals surface area contributed by atoms with E-state index in [1.54, 1.807) is 0 Å². The van der Waals surface area contributed by atoms with E-state index in [9.17, 15) is 0 Å². The maximum Gasteiger partial charge on any atom is 0.0701 e. The van der Waals surface area contributed by atoms with Gasteiger partial charge in [-0.2, -0.15) is 0 Å². The molecule has 0 aromatic carbocycles. The molecule has 2 N–H and O–H groups in total. The van der Waals surface area contributed by atoms with Gasteiger partial charge in [-0.3, -0.25) is 0 Å². The van der Waals surface area contributed by atoms with Crippen molar-refractivity contribution >= 4 is 0 Å². The van der Waals surface area contributed by atoms with Gasteiger partial charge in [-0.1, -0.05) is 38.5 Å². The largest absolute Gasteiger partial charge is 0.400 e. The van der Waals surface area contributed by atoms with Crippen LogP contribution in [0.4, 0.5) is 0 Å². The highest BCUT2D eigenvalue weighted by Crippen LogP contribution is 2.15. The van der Waals surface area contributed by atoms with Crippen LogP contribution in [0.25, 0.3) is 0 Å². The first-order valence-corrected chi connectivity index (χ1v) is 4.97. The maximum atomic E-state index is 7.00. The van der Waals surface area contributed by atoms with E-state index >= 15 is 0 Å². The van der Waals surface area contributed by atoms with Gasteiger partial charge in [0, 0.05) is 14.2 Å². The van der Waals surface area contributed by atoms with E-state index in [-0.39, 0.29) is 0 Å². The first kappa shape index (κ1) is 15.4. The second-order valence-electron chi connectivity index (χ2n) is 2.73. The standard InChI is InChI=1S/C6H12.C2H4O.2CH4O/c1-2-4-6-5-3-1;1-2-3-1;2*1-2/h1-6H2;1-2H2;2*2H,1H3. The lowest BCUT2D eigenvalue weighted by Gasteiger charge is -2.05. The predicted octanol–water partition coefficient (Wildman–Crippen LogP) is 1.57. The summed E-state index contributed by atoms with van der Waals surface area (Å²) in [7, 11) is 2.00. The van der Waals surface area contributed by atoms with Gasteiger partial charge in [0.2, 0.25) is 0 Å². The SMILES string of the molecule is C1CCCCC1.C1CO1.CO.CO. The minimum atomic E-state index is 1.00. The fourth-order valence-corrected chi connectivity index (χ4v) is 1.06. The number of ether oxygens (including phenoxy) is 1. The van der Waals surface area contributed by atoms with Gasteiger partial charge < -0.3 is 14.9 Å². The Hall–Kier alpha value is -0.120. The molecule has 0 amide bonds. The smallest absolute Gasteiger partial charge is 0.0701 e. The van der Waals surface area contributed by atoms with Crippen molar-refractivity contribution in [1.29, 1.82) is 0 Å². The Kier molecular flexibility index (Phi) is 21.1. The van der Waals surface area contributed by atoms with Crippen molar-refractivity contribution in [3.8, 4) is 0 Å². The first-order valence-electron chi connectivity index (χ1n) is 4.97. The molecule has 2 aliphatic rings. The molecular formula is C10H24O3. The van der Waals surface area contributed by atoms with Crippen LogP contribution >= 0.6 is 0 Å². The number of hydrogen-bond donors (Lipinski definition) is 2. The number of epoxide rings is 1. The van der Waals surface area contributed by atoms with E-state index in [1.165, 1.54) is 38.5 Å². The molecule has 2 rings (SSSR count). The molecule has 1 saturated carbocycles. The Morgan fingerprint density at radius 3 is 0.846 bits per heavy atom. The molecule has 82 valence electrons. The summed E-state index contributed by atoms with van der Waals surface area (Å²) in [5.74, 6) is 0. The van der Waals surface area contributed by atoms with Crippen molar-refractivity contribution in [2.75, 3.05) is 27.4 Å². The molecule has 0 spiro atoms. The van der Waals surface area contributed by atoms with Crippen LogP contribution in [0.5, 0.6) is 0 Å². The lowest BCUT2D eigenvalue weighted by Crippen LogP contribution is -1.85. The van der Waals surface area contributed by atoms with E-state index < -0.39 is 0 Å². The highest BCUT2D eigenvalue weighted by atomic mass is 16.6. The van der Waals surface area contributed by atoms with Crippen LogP contribution in [0.1, 0.15) is 38.5 Å². The highest BCUT2D eigenvalue weighted by Gasteiger charge is 1.95. The number of aliphatic hydroxyl groups excluding tert-OH is 2. The summed E-state index contributed by atoms with van der Waals surface area (Å²) >= 11 is 0. The van der Waals surface area contributed by atoms with Gasteiger partial charge in [-0.25, -0.2) is 0 Å². The molecule has 0 aromatic rings. The third-order valence-electron chi connectivity index (χ3n) is 1.70. The predicted molar refractivity (Wildman–Crippen MR) is 54.8 cm³/mol. The van der Waals surface area contributed by atoms with Crippen molar-refractivity contribution in [2.45, 2.75) is 38.5 Å². The topological polar surface area (TPSA) is 53.0 Å². The molecule has 1 aliphatic carbocycles. The minimum Gasteiger partial charge on any atom is -0.400 e. The Morgan fingerprint density at radius 2 is 0.769 bits per heavy atom. The summed E-state index contributed by atoms with van der Waals surface area (Å²) in [6.45, 7) is 2.00. The van der Waals surface area contributed by atoms with Crippen LogP contribution in [0.3, 0.4) is 0 Å². The third-order valence-corrected chi connectivity index (χ3v) is 1.70. The van der Waals surface area contributed by atoms with E-state index in [2.05, 4.69) is 4.74 Å². The zero-order chi connectivity index (χ0) is 10.4. The van der Waals surface area contributed by atoms with E-state index in [0.29, 0.717) is 0 Å². The summed E-state index contributed by atoms with van der Waals surface area (Å²) in [6.07, 6.45) is 9.00. The van der Waals surface area contributed by atoms with Crippen molar-refractivity contribution in [3.05, 3.63) is 0 Å². The normalized spacial score (nSPS) is 17.5. The number of hydrogen-bond acceptors (Lipinski definition) is 3. The van der Waals surface area contributed by atoms with Crippen molar-refractivity contribution in [1.82, 2.24) is 0 Å². The lowest BCUT2D eigenvalue weighted by molar-refractivity contribution is 0.399. The Bertz CT molecular complexity index is 46.9. The van der Waals surface area contributed by atoms with Crippen LogP contribution in [-0.2, 0) is 4.74 Å². The van der Waals surface area contributed by atoms with E-state index in [0.717, 1.165) is 27.4 Å². The summed E-state index contributed by atoms with van der Waals surface area (Å²) in [6, 6.07) is 0. The van der Waals surface area contributed by atoms with Crippen molar-refractivity contribution < 1.29 is 14.9 Å². The zero-order valence-electron chi connectivity index (χ0n) is 8.96. The molecule has 0 unspecified atom stereocenters. The fraction of sp³-hybridized carbons (Fsp3) is 1.00. The Balaban J connectivity index is 0. The Labute approximate surface area is 81.7 Å². The lowest BCUT2D eigenvalue weighted by atomic mass is 10.0. The van der Waals surface area contributed by atoms with Crippen molar-refractivity contribution in [2.24, 2.45) is 0 Å². The van der Waals surface area contributed by atoms with Gasteiger partial charge in [-0.05, 0) is 0 Å². The molecule has 0 bridgehead atoms.